The zero-order valence-electron chi connectivity index (χ0n) is 58.3. The highest BCUT2D eigenvalue weighted by Crippen LogP contribution is 2.51. The van der Waals surface area contributed by atoms with Crippen molar-refractivity contribution in [1.82, 2.24) is 0 Å². The molecule has 24 aromatic rings. The molecule has 24 rings (SSSR count). The van der Waals surface area contributed by atoms with Crippen molar-refractivity contribution in [3.8, 4) is 66.8 Å². The van der Waals surface area contributed by atoms with Crippen LogP contribution >= 0.6 is 22.7 Å². The van der Waals surface area contributed by atoms with Crippen molar-refractivity contribution in [2.75, 3.05) is 0 Å². The van der Waals surface area contributed by atoms with Gasteiger partial charge in [-0.2, -0.15) is 0 Å². The van der Waals surface area contributed by atoms with E-state index < -0.39 is 0 Å². The van der Waals surface area contributed by atoms with Crippen molar-refractivity contribution in [2.45, 2.75) is 0 Å². The van der Waals surface area contributed by atoms with Crippen LogP contribution in [0.25, 0.3) is 237 Å². The first kappa shape index (κ1) is 60.9. The summed E-state index contributed by atoms with van der Waals surface area (Å²) in [6.45, 7) is 0. The van der Waals surface area contributed by atoms with Crippen LogP contribution in [0.4, 0.5) is 0 Å². The molecule has 0 aliphatic carbocycles. The Morgan fingerprint density at radius 3 is 1.03 bits per heavy atom. The third-order valence-electron chi connectivity index (χ3n) is 22.8. The van der Waals surface area contributed by atoms with E-state index in [1.165, 1.54) is 209 Å². The summed E-state index contributed by atoms with van der Waals surface area (Å²) in [7, 11) is 0. The van der Waals surface area contributed by atoms with Crippen molar-refractivity contribution >= 4 is 193 Å². The molecule has 0 spiro atoms. The van der Waals surface area contributed by atoms with Gasteiger partial charge < -0.3 is 8.83 Å². The molecule has 2 nitrogen and oxygen atoms in total. The molecule has 0 atom stereocenters. The van der Waals surface area contributed by atoms with Crippen LogP contribution in [-0.2, 0) is 0 Å². The molecule has 4 heteroatoms. The van der Waals surface area contributed by atoms with Gasteiger partial charge in [-0.25, -0.2) is 0 Å². The van der Waals surface area contributed by atoms with Gasteiger partial charge in [-0.15, -0.1) is 22.7 Å². The minimum atomic E-state index is 0.935. The molecule has 4 aromatic heterocycles. The van der Waals surface area contributed by atoms with Gasteiger partial charge in [0.25, 0.3) is 0 Å². The monoisotopic (exact) mass is 1400 g/mol. The highest BCUT2D eigenvalue weighted by atomic mass is 32.1. The van der Waals surface area contributed by atoms with Gasteiger partial charge in [0.15, 0.2) is 0 Å². The normalized spacial score (nSPS) is 12.1. The highest BCUT2D eigenvalue weighted by molar-refractivity contribution is 7.26. The number of rotatable bonds is 6. The third-order valence-corrected chi connectivity index (χ3v) is 25.1. The molecule has 0 saturated heterocycles. The zero-order valence-corrected chi connectivity index (χ0v) is 59.9. The Bertz CT molecular complexity index is 7810. The average molecular weight is 1410 g/mol. The Morgan fingerprint density at radius 1 is 0.157 bits per heavy atom. The fourth-order valence-corrected chi connectivity index (χ4v) is 20.0. The summed E-state index contributed by atoms with van der Waals surface area (Å²) in [5, 5.41) is 29.4. The van der Waals surface area contributed by atoms with E-state index in [1.54, 1.807) is 0 Å². The molecule has 0 saturated carbocycles. The molecule has 0 bridgehead atoms. The van der Waals surface area contributed by atoms with Gasteiger partial charge in [0.05, 0.1) is 0 Å². The van der Waals surface area contributed by atoms with Gasteiger partial charge >= 0.3 is 0 Å². The molecule has 0 N–H and O–H groups in total. The fourth-order valence-electron chi connectivity index (χ4n) is 17.8. The Kier molecular flexibility index (Phi) is 13.5. The molecule has 20 aromatic carbocycles. The Labute approximate surface area is 628 Å². The van der Waals surface area contributed by atoms with Crippen LogP contribution in [0.1, 0.15) is 0 Å². The maximum absolute atomic E-state index is 6.86. The molecule has 0 aliphatic heterocycles. The summed E-state index contributed by atoms with van der Waals surface area (Å²) >= 11 is 3.70. The summed E-state index contributed by atoms with van der Waals surface area (Å²) < 4.78 is 18.5. The molecule has 4 heterocycles. The van der Waals surface area contributed by atoms with E-state index in [0.717, 1.165) is 27.7 Å². The summed E-state index contributed by atoms with van der Waals surface area (Å²) in [6, 6.07) is 134. The van der Waals surface area contributed by atoms with E-state index in [9.17, 15) is 0 Å². The molecule has 0 aliphatic rings. The van der Waals surface area contributed by atoms with Crippen molar-refractivity contribution < 1.29 is 8.83 Å². The topological polar surface area (TPSA) is 26.3 Å². The van der Waals surface area contributed by atoms with Gasteiger partial charge in [-0.3, -0.25) is 0 Å². The molecular weight excluding hydrogens is 1350 g/mol. The third kappa shape index (κ3) is 9.57. The van der Waals surface area contributed by atoms with Gasteiger partial charge in [0.1, 0.15) is 22.3 Å². The maximum atomic E-state index is 6.86. The summed E-state index contributed by atoms with van der Waals surface area (Å²) in [6.07, 6.45) is 0. The number of fused-ring (bicyclic) bond motifs is 22. The number of furan rings is 2. The van der Waals surface area contributed by atoms with E-state index in [0.29, 0.717) is 0 Å². The first-order valence-corrected chi connectivity index (χ1v) is 38.6. The second kappa shape index (κ2) is 24.0. The van der Waals surface area contributed by atoms with E-state index in [1.807, 2.05) is 22.7 Å². The number of hydrogen-bond donors (Lipinski definition) is 0. The van der Waals surface area contributed by atoms with Crippen LogP contribution in [0.5, 0.6) is 0 Å². The summed E-state index contributed by atoms with van der Waals surface area (Å²) in [5.74, 6) is 0. The van der Waals surface area contributed by atoms with Crippen molar-refractivity contribution in [2.24, 2.45) is 0 Å². The van der Waals surface area contributed by atoms with E-state index in [2.05, 4.69) is 364 Å². The average Bonchev–Trinajstić information content (AvgIpc) is 1.51. The predicted octanol–water partition coefficient (Wildman–Crippen LogP) is 31.1. The minimum Gasteiger partial charge on any atom is -0.456 e. The van der Waals surface area contributed by atoms with Crippen LogP contribution in [0.2, 0.25) is 0 Å². The zero-order chi connectivity index (χ0) is 70.7. The molecule has 0 radical (unpaired) electrons. The van der Waals surface area contributed by atoms with E-state index >= 15 is 0 Å². The summed E-state index contributed by atoms with van der Waals surface area (Å²) in [4.78, 5) is 0. The molecule has 0 unspecified atom stereocenters. The number of hydrogen-bond acceptors (Lipinski definition) is 4. The van der Waals surface area contributed by atoms with Crippen molar-refractivity contribution in [3.63, 3.8) is 0 Å². The van der Waals surface area contributed by atoms with Crippen LogP contribution < -0.4 is 0 Å². The lowest BCUT2D eigenvalue weighted by Crippen LogP contribution is -1.91. The second-order valence-corrected chi connectivity index (χ2v) is 31.0. The molecule has 0 amide bonds. The van der Waals surface area contributed by atoms with E-state index in [4.69, 9.17) is 8.83 Å². The first-order valence-electron chi connectivity index (χ1n) is 37.0. The van der Waals surface area contributed by atoms with Gasteiger partial charge in [0.2, 0.25) is 0 Å². The predicted molar refractivity (Wildman–Crippen MR) is 466 cm³/mol. The number of thiophene rings is 2. The smallest absolute Gasteiger partial charge is 0.144 e. The van der Waals surface area contributed by atoms with Crippen molar-refractivity contribution in [3.05, 3.63) is 364 Å². The second-order valence-electron chi connectivity index (χ2n) is 28.8. The quantitative estimate of drug-likeness (QED) is 0.155. The fraction of sp³-hybridized carbons (Fsp3) is 0. The van der Waals surface area contributed by atoms with Gasteiger partial charge in [0, 0.05) is 67.3 Å². The van der Waals surface area contributed by atoms with Gasteiger partial charge in [-0.05, 0) is 239 Å². The van der Waals surface area contributed by atoms with Crippen LogP contribution in [0.3, 0.4) is 0 Å². The maximum Gasteiger partial charge on any atom is 0.144 e. The van der Waals surface area contributed by atoms with Crippen molar-refractivity contribution in [1.29, 1.82) is 0 Å². The molecular formula is C104H60O2S2. The van der Waals surface area contributed by atoms with Crippen LogP contribution in [0.15, 0.2) is 373 Å². The molecule has 500 valence electrons. The Morgan fingerprint density at radius 2 is 0.500 bits per heavy atom. The van der Waals surface area contributed by atoms with Crippen LogP contribution in [0, 0.1) is 0 Å². The Hall–Kier alpha value is -13.5. The molecule has 108 heavy (non-hydrogen) atoms. The number of benzene rings is 20. The largest absolute Gasteiger partial charge is 0.456 e. The van der Waals surface area contributed by atoms with Gasteiger partial charge in [-0.1, -0.05) is 273 Å². The first-order chi connectivity index (χ1) is 53.5. The highest BCUT2D eigenvalue weighted by Gasteiger charge is 2.23. The lowest BCUT2D eigenvalue weighted by molar-refractivity contribution is 0.670. The summed E-state index contributed by atoms with van der Waals surface area (Å²) in [5.41, 5.74) is 18.8. The standard InChI is InChI=1S/2C52H30OS/c1-2-10-31(11-3-1)33-18-19-35-29-36(21-20-34(35)28-33)48-39-14-6-8-16-41(39)49(42-17-9-7-15-40(42)48)37-23-26-46-45(30-37)50-47(54-46)27-25-44-43-24-22-32-12-4-5-13-38(32)51(43)53-52(44)50;1-2-10-31(11-3-1)34-18-19-36-25-37(21-20-35(36)24-34)51-39-14-6-8-16-41(39)52(42-17-9-7-15-40(42)51)38-22-23-49-45(27-38)46-29-48-44(30-50(46)54-49)43-26-32-12-4-5-13-33(32)28-47(43)53-48/h2*1-30H. The molecule has 0 fully saturated rings. The van der Waals surface area contributed by atoms with Crippen LogP contribution in [-0.4, -0.2) is 0 Å². The van der Waals surface area contributed by atoms with E-state index in [-0.39, 0.29) is 0 Å². The SMILES string of the molecule is c1ccc(-c2ccc3cc(-c4c5ccccc5c(-c5ccc6sc7cc8c(cc7c6c5)oc5cc6ccccc6cc58)c5ccccc45)ccc3c2)cc1.c1ccc(-c2ccc3cc(-c4c5ccccc5c(-c5ccc6sc7ccc8c9ccc%10ccccc%10c9oc8c7c6c5)c5ccccc45)ccc3c2)cc1. The minimum absolute atomic E-state index is 0.935. The Balaban J connectivity index is 0.000000130. The lowest BCUT2D eigenvalue weighted by Gasteiger charge is -2.18. The lowest BCUT2D eigenvalue weighted by atomic mass is 9.85.